The summed E-state index contributed by atoms with van der Waals surface area (Å²) < 4.78 is 0. The van der Waals surface area contributed by atoms with Crippen LogP contribution in [0.4, 0.5) is 10.5 Å². The van der Waals surface area contributed by atoms with Crippen molar-refractivity contribution < 1.29 is 4.79 Å². The van der Waals surface area contributed by atoms with Gasteiger partial charge in [-0.1, -0.05) is 5.92 Å². The molecule has 1 heterocycles. The molecule has 0 aliphatic heterocycles. The van der Waals surface area contributed by atoms with Crippen molar-refractivity contribution in [3.63, 3.8) is 0 Å². The van der Waals surface area contributed by atoms with Crippen LogP contribution >= 0.6 is 0 Å². The molecule has 0 atom stereocenters. The summed E-state index contributed by atoms with van der Waals surface area (Å²) in [4.78, 5) is 14.9. The lowest BCUT2D eigenvalue weighted by Gasteiger charge is -2.03. The number of anilines is 1. The summed E-state index contributed by atoms with van der Waals surface area (Å²) in [6.45, 7) is 0.214. The monoisotopic (exact) mass is 175 g/mol. The summed E-state index contributed by atoms with van der Waals surface area (Å²) in [6.07, 6.45) is 8.15. The molecule has 0 fully saturated rings. The van der Waals surface area contributed by atoms with Gasteiger partial charge in [0.25, 0.3) is 0 Å². The van der Waals surface area contributed by atoms with Crippen LogP contribution in [0.5, 0.6) is 0 Å². The average Bonchev–Trinajstić information content (AvgIpc) is 2.16. The van der Waals surface area contributed by atoms with Crippen LogP contribution < -0.4 is 10.6 Å². The van der Waals surface area contributed by atoms with Gasteiger partial charge in [0, 0.05) is 6.20 Å². The van der Waals surface area contributed by atoms with Crippen molar-refractivity contribution in [3.05, 3.63) is 24.5 Å². The zero-order valence-corrected chi connectivity index (χ0v) is 6.95. The number of hydrogen-bond donors (Lipinski definition) is 2. The second kappa shape index (κ2) is 4.78. The molecule has 2 N–H and O–H groups in total. The molecule has 1 rings (SSSR count). The third kappa shape index (κ3) is 3.25. The van der Waals surface area contributed by atoms with Gasteiger partial charge in [-0.3, -0.25) is 4.98 Å². The van der Waals surface area contributed by atoms with Crippen LogP contribution in [0.25, 0.3) is 0 Å². The Morgan fingerprint density at radius 2 is 2.54 bits per heavy atom. The molecular formula is C9H9N3O. The van der Waals surface area contributed by atoms with E-state index in [9.17, 15) is 4.79 Å². The van der Waals surface area contributed by atoms with E-state index < -0.39 is 0 Å². The zero-order chi connectivity index (χ0) is 9.52. The molecule has 0 saturated heterocycles. The van der Waals surface area contributed by atoms with E-state index in [4.69, 9.17) is 6.42 Å². The molecule has 0 aromatic carbocycles. The van der Waals surface area contributed by atoms with E-state index in [-0.39, 0.29) is 12.6 Å². The summed E-state index contributed by atoms with van der Waals surface area (Å²) in [5, 5.41) is 5.04. The highest BCUT2D eigenvalue weighted by Gasteiger charge is 1.97. The van der Waals surface area contributed by atoms with Crippen molar-refractivity contribution in [2.45, 2.75) is 0 Å². The van der Waals surface area contributed by atoms with E-state index in [2.05, 4.69) is 21.5 Å². The highest BCUT2D eigenvalue weighted by Crippen LogP contribution is 2.01. The largest absolute Gasteiger partial charge is 0.327 e. The Balaban J connectivity index is 2.42. The minimum atomic E-state index is -0.328. The van der Waals surface area contributed by atoms with E-state index in [0.29, 0.717) is 5.69 Å². The van der Waals surface area contributed by atoms with Crippen LogP contribution in [-0.2, 0) is 0 Å². The summed E-state index contributed by atoms with van der Waals surface area (Å²) in [7, 11) is 0. The number of rotatable bonds is 2. The maximum atomic E-state index is 11.0. The highest BCUT2D eigenvalue weighted by molar-refractivity contribution is 5.89. The standard InChI is InChI=1S/C9H9N3O/c1-2-5-11-9(13)12-8-4-3-6-10-7-8/h1,3-4,6-7H,5H2,(H2,11,12,13). The maximum absolute atomic E-state index is 11.0. The Hall–Kier alpha value is -2.02. The van der Waals surface area contributed by atoms with E-state index in [1.165, 1.54) is 0 Å². The summed E-state index contributed by atoms with van der Waals surface area (Å²) in [5.74, 6) is 2.30. The van der Waals surface area contributed by atoms with Gasteiger partial charge in [-0.05, 0) is 12.1 Å². The third-order valence-corrected chi connectivity index (χ3v) is 1.27. The lowest BCUT2D eigenvalue weighted by atomic mass is 10.4. The fourth-order valence-corrected chi connectivity index (χ4v) is 0.743. The van der Waals surface area contributed by atoms with E-state index in [1.54, 1.807) is 24.5 Å². The van der Waals surface area contributed by atoms with Crippen LogP contribution in [0, 0.1) is 12.3 Å². The quantitative estimate of drug-likeness (QED) is 0.654. The number of terminal acetylenes is 1. The minimum absolute atomic E-state index is 0.214. The number of pyridine rings is 1. The number of nitrogens with zero attached hydrogens (tertiary/aromatic N) is 1. The first-order valence-corrected chi connectivity index (χ1v) is 3.71. The number of carbonyl (C=O) groups excluding carboxylic acids is 1. The van der Waals surface area contributed by atoms with Gasteiger partial charge in [0.15, 0.2) is 0 Å². The second-order valence-corrected chi connectivity index (χ2v) is 2.25. The molecular weight excluding hydrogens is 166 g/mol. The van der Waals surface area contributed by atoms with Crippen molar-refractivity contribution in [1.82, 2.24) is 10.3 Å². The lowest BCUT2D eigenvalue weighted by Crippen LogP contribution is -2.28. The SMILES string of the molecule is C#CCNC(=O)Nc1cccnc1. The van der Waals surface area contributed by atoms with Crippen LogP contribution in [0.1, 0.15) is 0 Å². The second-order valence-electron chi connectivity index (χ2n) is 2.25. The first kappa shape index (κ1) is 9.07. The molecule has 66 valence electrons. The molecule has 0 spiro atoms. The summed E-state index contributed by atoms with van der Waals surface area (Å²) in [6, 6.07) is 3.14. The van der Waals surface area contributed by atoms with Crippen LogP contribution in [-0.4, -0.2) is 17.6 Å². The predicted octanol–water partition coefficient (Wildman–Crippen LogP) is 0.836. The summed E-state index contributed by atoms with van der Waals surface area (Å²) >= 11 is 0. The van der Waals surface area contributed by atoms with Crippen molar-refractivity contribution in [2.75, 3.05) is 11.9 Å². The molecule has 2 amide bonds. The fourth-order valence-electron chi connectivity index (χ4n) is 0.743. The number of nitrogens with one attached hydrogen (secondary N) is 2. The molecule has 1 aromatic rings. The molecule has 0 aliphatic rings. The first-order chi connectivity index (χ1) is 6.33. The molecule has 0 saturated carbocycles. The third-order valence-electron chi connectivity index (χ3n) is 1.27. The molecule has 0 unspecified atom stereocenters. The van der Waals surface area contributed by atoms with Crippen molar-refractivity contribution in [1.29, 1.82) is 0 Å². The molecule has 0 radical (unpaired) electrons. The van der Waals surface area contributed by atoms with Gasteiger partial charge in [-0.25, -0.2) is 4.79 Å². The highest BCUT2D eigenvalue weighted by atomic mass is 16.2. The van der Waals surface area contributed by atoms with Gasteiger partial charge >= 0.3 is 6.03 Å². The minimum Gasteiger partial charge on any atom is -0.327 e. The Kier molecular flexibility index (Phi) is 3.33. The fraction of sp³-hybridized carbons (Fsp3) is 0.111. The van der Waals surface area contributed by atoms with Crippen molar-refractivity contribution in [3.8, 4) is 12.3 Å². The molecule has 4 heteroatoms. The van der Waals surface area contributed by atoms with E-state index in [0.717, 1.165) is 0 Å². The molecule has 0 aliphatic carbocycles. The van der Waals surface area contributed by atoms with Gasteiger partial charge in [0.05, 0.1) is 18.4 Å². The summed E-state index contributed by atoms with van der Waals surface area (Å²) in [5.41, 5.74) is 0.636. The van der Waals surface area contributed by atoms with E-state index in [1.807, 2.05) is 0 Å². The average molecular weight is 175 g/mol. The topological polar surface area (TPSA) is 54.0 Å². The number of hydrogen-bond acceptors (Lipinski definition) is 2. The molecule has 13 heavy (non-hydrogen) atoms. The molecule has 1 aromatic heterocycles. The Bertz CT molecular complexity index is 315. The van der Waals surface area contributed by atoms with Gasteiger partial charge in [0.2, 0.25) is 0 Å². The zero-order valence-electron chi connectivity index (χ0n) is 6.95. The lowest BCUT2D eigenvalue weighted by molar-refractivity contribution is 0.253. The van der Waals surface area contributed by atoms with Gasteiger partial charge in [-0.2, -0.15) is 0 Å². The van der Waals surface area contributed by atoms with Crippen LogP contribution in [0.2, 0.25) is 0 Å². The van der Waals surface area contributed by atoms with Gasteiger partial charge in [-0.15, -0.1) is 6.42 Å². The van der Waals surface area contributed by atoms with Crippen molar-refractivity contribution >= 4 is 11.7 Å². The predicted molar refractivity (Wildman–Crippen MR) is 50.1 cm³/mol. The smallest absolute Gasteiger partial charge is 0.320 e. The molecule has 4 nitrogen and oxygen atoms in total. The van der Waals surface area contributed by atoms with Crippen molar-refractivity contribution in [2.24, 2.45) is 0 Å². The van der Waals surface area contributed by atoms with Crippen LogP contribution in [0.15, 0.2) is 24.5 Å². The van der Waals surface area contributed by atoms with Gasteiger partial charge in [0.1, 0.15) is 0 Å². The number of aromatic nitrogens is 1. The number of amides is 2. The maximum Gasteiger partial charge on any atom is 0.320 e. The van der Waals surface area contributed by atoms with Gasteiger partial charge < -0.3 is 10.6 Å². The Morgan fingerprint density at radius 3 is 3.15 bits per heavy atom. The Labute approximate surface area is 76.4 Å². The van der Waals surface area contributed by atoms with Crippen LogP contribution in [0.3, 0.4) is 0 Å². The number of urea groups is 1. The normalized spacial score (nSPS) is 8.54. The molecule has 0 bridgehead atoms. The van der Waals surface area contributed by atoms with E-state index >= 15 is 0 Å². The number of carbonyl (C=O) groups is 1. The Morgan fingerprint density at radius 1 is 1.69 bits per heavy atom. The first-order valence-electron chi connectivity index (χ1n) is 3.71.